The van der Waals surface area contributed by atoms with Crippen LogP contribution in [0.25, 0.3) is 0 Å². The van der Waals surface area contributed by atoms with Gasteiger partial charge in [0, 0.05) is 17.9 Å². The smallest absolute Gasteiger partial charge is 0.262 e. The van der Waals surface area contributed by atoms with Gasteiger partial charge in [0.2, 0.25) is 5.91 Å². The maximum absolute atomic E-state index is 13.5. The van der Waals surface area contributed by atoms with Crippen LogP contribution in [0.4, 0.5) is 10.1 Å². The molecule has 2 amide bonds. The van der Waals surface area contributed by atoms with Crippen LogP contribution in [0.5, 0.6) is 5.75 Å². The highest BCUT2D eigenvalue weighted by molar-refractivity contribution is 8.15. The molecule has 3 aromatic carbocycles. The van der Waals surface area contributed by atoms with Gasteiger partial charge in [-0.25, -0.2) is 9.40 Å². The topological polar surface area (TPSA) is 83.4 Å². The first-order chi connectivity index (χ1) is 17.9. The van der Waals surface area contributed by atoms with Gasteiger partial charge in [-0.15, -0.1) is 0 Å². The number of nitrogens with one attached hydrogen (secondary N) is 1. The molecule has 0 unspecified atom stereocenters. The summed E-state index contributed by atoms with van der Waals surface area (Å²) >= 11 is 7.30. The number of benzene rings is 3. The van der Waals surface area contributed by atoms with E-state index in [0.717, 1.165) is 16.8 Å². The van der Waals surface area contributed by atoms with E-state index in [0.29, 0.717) is 28.0 Å². The van der Waals surface area contributed by atoms with Gasteiger partial charge >= 0.3 is 0 Å². The van der Waals surface area contributed by atoms with Gasteiger partial charge in [-0.1, -0.05) is 59.8 Å². The number of halogens is 2. The number of nitrogens with zero attached hydrogens (tertiary/aromatic N) is 3. The van der Waals surface area contributed by atoms with Crippen molar-refractivity contribution < 1.29 is 18.7 Å². The summed E-state index contributed by atoms with van der Waals surface area (Å²) in [6.07, 6.45) is 0.475. The predicted molar refractivity (Wildman–Crippen MR) is 144 cm³/mol. The molecule has 0 saturated heterocycles. The molecule has 5 rings (SSSR count). The molecule has 10 heteroatoms. The standard InChI is InChI=1S/C27H22ClFN4O3S/c1-36-23-5-3-2-4-20(23)30-25(34)15-24-26(35)31-27(37-24)33-22(17-6-10-18(28)11-7-17)14-21(32-33)16-8-12-19(29)13-9-16/h2-13,22,24H,14-15H2,1H3,(H,30,34)/t22-,24-/m1/s1. The Balaban J connectivity index is 1.35. The number of aliphatic imine (C=N–C) groups is 1. The van der Waals surface area contributed by atoms with E-state index in [2.05, 4.69) is 10.3 Å². The Morgan fingerprint density at radius 3 is 2.59 bits per heavy atom. The van der Waals surface area contributed by atoms with Crippen LogP contribution in [0.2, 0.25) is 5.02 Å². The van der Waals surface area contributed by atoms with Crippen molar-refractivity contribution in [3.63, 3.8) is 0 Å². The van der Waals surface area contributed by atoms with Crippen LogP contribution in [0.3, 0.4) is 0 Å². The molecule has 0 bridgehead atoms. The summed E-state index contributed by atoms with van der Waals surface area (Å²) in [5.74, 6) is -0.513. The molecule has 0 aromatic heterocycles. The monoisotopic (exact) mass is 536 g/mol. The van der Waals surface area contributed by atoms with E-state index in [9.17, 15) is 14.0 Å². The number of hydrogen-bond acceptors (Lipinski definition) is 6. The highest BCUT2D eigenvalue weighted by Gasteiger charge is 2.39. The van der Waals surface area contributed by atoms with Crippen LogP contribution in [-0.4, -0.2) is 40.1 Å². The number of hydrogen-bond donors (Lipinski definition) is 1. The number of methoxy groups -OCH3 is 1. The zero-order chi connectivity index (χ0) is 25.9. The summed E-state index contributed by atoms with van der Waals surface area (Å²) in [6.45, 7) is 0. The number of ether oxygens (including phenoxy) is 1. The third kappa shape index (κ3) is 5.52. The summed E-state index contributed by atoms with van der Waals surface area (Å²) in [7, 11) is 1.52. The number of thioether (sulfide) groups is 1. The lowest BCUT2D eigenvalue weighted by Crippen LogP contribution is -2.25. The summed E-state index contributed by atoms with van der Waals surface area (Å²) in [5.41, 5.74) is 3.00. The highest BCUT2D eigenvalue weighted by atomic mass is 35.5. The second-order valence-corrected chi connectivity index (χ2v) is 10.1. The molecule has 0 fully saturated rings. The Kier molecular flexibility index (Phi) is 7.25. The minimum atomic E-state index is -0.680. The van der Waals surface area contributed by atoms with Gasteiger partial charge in [0.15, 0.2) is 5.17 Å². The summed E-state index contributed by atoms with van der Waals surface area (Å²) in [5, 5.41) is 9.62. The fourth-order valence-corrected chi connectivity index (χ4v) is 5.36. The molecule has 37 heavy (non-hydrogen) atoms. The van der Waals surface area contributed by atoms with E-state index in [-0.39, 0.29) is 24.2 Å². The lowest BCUT2D eigenvalue weighted by Gasteiger charge is -2.23. The molecular weight excluding hydrogens is 515 g/mol. The number of amidine groups is 1. The van der Waals surface area contributed by atoms with Crippen LogP contribution < -0.4 is 10.1 Å². The van der Waals surface area contributed by atoms with Crippen molar-refractivity contribution in [1.29, 1.82) is 0 Å². The van der Waals surface area contributed by atoms with Gasteiger partial charge in [0.05, 0.1) is 24.6 Å². The summed E-state index contributed by atoms with van der Waals surface area (Å²) < 4.78 is 18.8. The first kappa shape index (κ1) is 25.0. The zero-order valence-electron chi connectivity index (χ0n) is 19.7. The van der Waals surface area contributed by atoms with Gasteiger partial charge in [-0.2, -0.15) is 10.1 Å². The third-order valence-corrected chi connectivity index (χ3v) is 7.41. The van der Waals surface area contributed by atoms with Crippen LogP contribution in [-0.2, 0) is 9.59 Å². The van der Waals surface area contributed by atoms with Crippen LogP contribution in [0.1, 0.15) is 30.0 Å². The van der Waals surface area contributed by atoms with Gasteiger partial charge in [-0.05, 0) is 47.5 Å². The minimum Gasteiger partial charge on any atom is -0.495 e. The van der Waals surface area contributed by atoms with Gasteiger partial charge < -0.3 is 10.1 Å². The third-order valence-electron chi connectivity index (χ3n) is 6.02. The molecule has 0 radical (unpaired) electrons. The number of rotatable bonds is 6. The van der Waals surface area contributed by atoms with Crippen LogP contribution >= 0.6 is 23.4 Å². The first-order valence-corrected chi connectivity index (χ1v) is 12.8. The molecule has 1 N–H and O–H groups in total. The van der Waals surface area contributed by atoms with E-state index in [1.807, 2.05) is 12.1 Å². The minimum absolute atomic E-state index is 0.0530. The summed E-state index contributed by atoms with van der Waals surface area (Å²) in [6, 6.07) is 20.4. The second kappa shape index (κ2) is 10.7. The average molecular weight is 537 g/mol. The van der Waals surface area contributed by atoms with Crippen molar-refractivity contribution in [3.8, 4) is 5.75 Å². The number of carbonyl (C=O) groups excluding carboxylic acids is 2. The number of anilines is 1. The highest BCUT2D eigenvalue weighted by Crippen LogP contribution is 2.39. The molecule has 188 valence electrons. The van der Waals surface area contributed by atoms with E-state index in [1.165, 1.54) is 31.0 Å². The van der Waals surface area contributed by atoms with Crippen LogP contribution in [0, 0.1) is 5.82 Å². The molecule has 2 aliphatic rings. The lowest BCUT2D eigenvalue weighted by molar-refractivity contribution is -0.121. The largest absolute Gasteiger partial charge is 0.495 e. The van der Waals surface area contributed by atoms with Crippen molar-refractivity contribution in [2.75, 3.05) is 12.4 Å². The Morgan fingerprint density at radius 2 is 1.86 bits per heavy atom. The SMILES string of the molecule is COc1ccccc1NC(=O)C[C@H]1SC(N2N=C(c3ccc(F)cc3)C[C@@H]2c2ccc(Cl)cc2)=NC1=O. The first-order valence-electron chi connectivity index (χ1n) is 11.5. The Bertz CT molecular complexity index is 1400. The van der Waals surface area contributed by atoms with E-state index in [1.54, 1.807) is 53.5 Å². The van der Waals surface area contributed by atoms with Gasteiger partial charge in [-0.3, -0.25) is 9.59 Å². The predicted octanol–water partition coefficient (Wildman–Crippen LogP) is 5.67. The molecule has 0 aliphatic carbocycles. The number of amides is 2. The van der Waals surface area contributed by atoms with Crippen molar-refractivity contribution in [1.82, 2.24) is 5.01 Å². The number of para-hydroxylation sites is 2. The average Bonchev–Trinajstić information content (AvgIpc) is 3.49. The maximum atomic E-state index is 13.5. The Hall–Kier alpha value is -3.69. The molecule has 0 saturated carbocycles. The van der Waals surface area contributed by atoms with Crippen molar-refractivity contribution in [2.45, 2.75) is 24.1 Å². The van der Waals surface area contributed by atoms with Crippen molar-refractivity contribution in [2.24, 2.45) is 10.1 Å². The maximum Gasteiger partial charge on any atom is 0.262 e. The molecular formula is C27H22ClFN4O3S. The Labute approximate surface area is 222 Å². The molecule has 7 nitrogen and oxygen atoms in total. The summed E-state index contributed by atoms with van der Waals surface area (Å²) in [4.78, 5) is 29.8. The number of hydrazone groups is 1. The molecule has 2 aliphatic heterocycles. The second-order valence-electron chi connectivity index (χ2n) is 8.46. The zero-order valence-corrected chi connectivity index (χ0v) is 21.3. The molecule has 2 heterocycles. The fourth-order valence-electron chi connectivity index (χ4n) is 4.17. The van der Waals surface area contributed by atoms with Crippen molar-refractivity contribution >= 4 is 51.7 Å². The quantitative estimate of drug-likeness (QED) is 0.439. The normalized spacial score (nSPS) is 19.0. The van der Waals surface area contributed by atoms with E-state index in [4.69, 9.17) is 21.4 Å². The lowest BCUT2D eigenvalue weighted by atomic mass is 9.99. The number of carbonyl (C=O) groups is 2. The molecule has 3 aromatic rings. The fraction of sp³-hybridized carbons (Fsp3) is 0.185. The van der Waals surface area contributed by atoms with Crippen LogP contribution in [0.15, 0.2) is 82.9 Å². The van der Waals surface area contributed by atoms with Gasteiger partial charge in [0.25, 0.3) is 5.91 Å². The van der Waals surface area contributed by atoms with Gasteiger partial charge in [0.1, 0.15) is 16.8 Å². The Morgan fingerprint density at radius 1 is 1.14 bits per heavy atom. The molecule has 0 spiro atoms. The van der Waals surface area contributed by atoms with Crippen molar-refractivity contribution in [3.05, 3.63) is 94.8 Å². The van der Waals surface area contributed by atoms with E-state index < -0.39 is 11.2 Å². The molecule has 2 atom stereocenters. The van der Waals surface area contributed by atoms with E-state index >= 15 is 0 Å².